The quantitative estimate of drug-likeness (QED) is 0.308. The first-order chi connectivity index (χ1) is 15.7. The van der Waals surface area contributed by atoms with E-state index in [2.05, 4.69) is 25.3 Å². The Bertz CT molecular complexity index is 1220. The molecular formula is C21H23N7O2S2. The minimum Gasteiger partial charge on any atom is -0.431 e. The van der Waals surface area contributed by atoms with Crippen molar-refractivity contribution in [3.05, 3.63) is 30.5 Å². The van der Waals surface area contributed by atoms with Crippen LogP contribution in [0, 0.1) is 0 Å². The molecule has 0 saturated carbocycles. The third kappa shape index (κ3) is 4.40. The summed E-state index contributed by atoms with van der Waals surface area (Å²) in [6.45, 7) is 3.02. The minimum absolute atomic E-state index is 0.0779. The topological polar surface area (TPSA) is 102 Å². The van der Waals surface area contributed by atoms with E-state index in [1.807, 2.05) is 41.4 Å². The van der Waals surface area contributed by atoms with E-state index in [0.717, 1.165) is 46.2 Å². The number of nitrogens with one attached hydrogen (secondary N) is 1. The SMILES string of the molecule is CSc1nc(N2CCCC2)c2cnn(CCNC(=O)CSc3nc4ccccc4o3)c2n1. The molecule has 0 aliphatic carbocycles. The number of anilines is 1. The lowest BCUT2D eigenvalue weighted by Crippen LogP contribution is -2.29. The van der Waals surface area contributed by atoms with E-state index in [1.165, 1.54) is 36.4 Å². The molecule has 1 aliphatic heterocycles. The molecule has 4 heterocycles. The zero-order valence-corrected chi connectivity index (χ0v) is 19.3. The second-order valence-electron chi connectivity index (χ2n) is 7.42. The van der Waals surface area contributed by atoms with Crippen LogP contribution < -0.4 is 10.2 Å². The van der Waals surface area contributed by atoms with Crippen molar-refractivity contribution in [2.45, 2.75) is 29.8 Å². The van der Waals surface area contributed by atoms with Gasteiger partial charge in [0.1, 0.15) is 11.3 Å². The number of nitrogens with zero attached hydrogens (tertiary/aromatic N) is 6. The van der Waals surface area contributed by atoms with Gasteiger partial charge in [0.25, 0.3) is 5.22 Å². The molecular weight excluding hydrogens is 446 g/mol. The maximum Gasteiger partial charge on any atom is 0.257 e. The molecule has 0 bridgehead atoms. The van der Waals surface area contributed by atoms with Gasteiger partial charge in [0, 0.05) is 19.6 Å². The summed E-state index contributed by atoms with van der Waals surface area (Å²) in [6, 6.07) is 7.56. The van der Waals surface area contributed by atoms with Gasteiger partial charge in [-0.05, 0) is 31.2 Å². The van der Waals surface area contributed by atoms with Crippen LogP contribution in [0.1, 0.15) is 12.8 Å². The number of thioether (sulfide) groups is 2. The Morgan fingerprint density at radius 1 is 1.19 bits per heavy atom. The molecule has 0 atom stereocenters. The highest BCUT2D eigenvalue weighted by molar-refractivity contribution is 7.99. The second-order valence-corrected chi connectivity index (χ2v) is 9.12. The van der Waals surface area contributed by atoms with Crippen LogP contribution in [0.2, 0.25) is 0 Å². The number of aromatic nitrogens is 5. The number of hydrogen-bond acceptors (Lipinski definition) is 9. The Kier molecular flexibility index (Phi) is 6.17. The van der Waals surface area contributed by atoms with Crippen LogP contribution in [0.15, 0.2) is 45.3 Å². The van der Waals surface area contributed by atoms with Gasteiger partial charge < -0.3 is 14.6 Å². The van der Waals surface area contributed by atoms with Gasteiger partial charge in [-0.15, -0.1) is 0 Å². The summed E-state index contributed by atoms with van der Waals surface area (Å²) in [7, 11) is 0. The van der Waals surface area contributed by atoms with Gasteiger partial charge in [-0.2, -0.15) is 5.10 Å². The van der Waals surface area contributed by atoms with Crippen molar-refractivity contribution in [3.63, 3.8) is 0 Å². The van der Waals surface area contributed by atoms with E-state index in [1.54, 1.807) is 0 Å². The molecule has 32 heavy (non-hydrogen) atoms. The first-order valence-electron chi connectivity index (χ1n) is 10.5. The van der Waals surface area contributed by atoms with E-state index in [0.29, 0.717) is 18.3 Å². The summed E-state index contributed by atoms with van der Waals surface area (Å²) >= 11 is 2.81. The number of rotatable bonds is 8. The Labute approximate surface area is 193 Å². The highest BCUT2D eigenvalue weighted by Crippen LogP contribution is 2.28. The van der Waals surface area contributed by atoms with Gasteiger partial charge >= 0.3 is 0 Å². The zero-order valence-electron chi connectivity index (χ0n) is 17.7. The highest BCUT2D eigenvalue weighted by atomic mass is 32.2. The first kappa shape index (κ1) is 21.1. The van der Waals surface area contributed by atoms with E-state index >= 15 is 0 Å². The molecule has 1 aliphatic rings. The largest absolute Gasteiger partial charge is 0.431 e. The average molecular weight is 470 g/mol. The van der Waals surface area contributed by atoms with Crippen molar-refractivity contribution in [3.8, 4) is 0 Å². The fourth-order valence-corrected chi connectivity index (χ4v) is 4.76. The monoisotopic (exact) mass is 469 g/mol. The lowest BCUT2D eigenvalue weighted by molar-refractivity contribution is -0.118. The van der Waals surface area contributed by atoms with Crippen molar-refractivity contribution in [1.29, 1.82) is 0 Å². The van der Waals surface area contributed by atoms with Gasteiger partial charge in [0.15, 0.2) is 16.4 Å². The van der Waals surface area contributed by atoms with Crippen LogP contribution in [0.5, 0.6) is 0 Å². The molecule has 4 aromatic rings. The Hall–Kier alpha value is -2.79. The molecule has 1 N–H and O–H groups in total. The van der Waals surface area contributed by atoms with Crippen LogP contribution in [0.3, 0.4) is 0 Å². The second kappa shape index (κ2) is 9.37. The van der Waals surface area contributed by atoms with Gasteiger partial charge in [0.2, 0.25) is 5.91 Å². The first-order valence-corrected chi connectivity index (χ1v) is 12.7. The molecule has 11 heteroatoms. The summed E-state index contributed by atoms with van der Waals surface area (Å²) in [6.07, 6.45) is 6.17. The number of oxazole rings is 1. The Morgan fingerprint density at radius 2 is 2.03 bits per heavy atom. The fourth-order valence-electron chi connectivity index (χ4n) is 3.74. The van der Waals surface area contributed by atoms with Crippen molar-refractivity contribution in [2.75, 3.05) is 36.5 Å². The molecule has 1 amide bonds. The number of para-hydroxylation sites is 2. The highest BCUT2D eigenvalue weighted by Gasteiger charge is 2.20. The van der Waals surface area contributed by atoms with Crippen molar-refractivity contribution < 1.29 is 9.21 Å². The van der Waals surface area contributed by atoms with Crippen molar-refractivity contribution in [2.24, 2.45) is 0 Å². The summed E-state index contributed by atoms with van der Waals surface area (Å²) in [4.78, 5) is 28.4. The van der Waals surface area contributed by atoms with Gasteiger partial charge in [-0.1, -0.05) is 35.7 Å². The minimum atomic E-state index is -0.0779. The normalized spacial score (nSPS) is 14.0. The van der Waals surface area contributed by atoms with Crippen LogP contribution in [-0.4, -0.2) is 62.3 Å². The smallest absolute Gasteiger partial charge is 0.257 e. The third-order valence-electron chi connectivity index (χ3n) is 5.29. The van der Waals surface area contributed by atoms with E-state index in [-0.39, 0.29) is 11.7 Å². The predicted octanol–water partition coefficient (Wildman–Crippen LogP) is 3.20. The molecule has 1 saturated heterocycles. The molecule has 0 spiro atoms. The number of carbonyl (C=O) groups excluding carboxylic acids is 1. The number of benzene rings is 1. The molecule has 166 valence electrons. The Balaban J connectivity index is 1.20. The maximum absolute atomic E-state index is 12.3. The summed E-state index contributed by atoms with van der Waals surface area (Å²) in [5.41, 5.74) is 2.32. The lowest BCUT2D eigenvalue weighted by Gasteiger charge is -2.17. The van der Waals surface area contributed by atoms with Crippen LogP contribution in [0.4, 0.5) is 5.82 Å². The van der Waals surface area contributed by atoms with Gasteiger partial charge in [-0.25, -0.2) is 19.6 Å². The number of amides is 1. The fraction of sp³-hybridized carbons (Fsp3) is 0.381. The van der Waals surface area contributed by atoms with Crippen LogP contribution >= 0.6 is 23.5 Å². The molecule has 0 radical (unpaired) electrons. The van der Waals surface area contributed by atoms with E-state index in [9.17, 15) is 4.79 Å². The maximum atomic E-state index is 12.3. The summed E-state index contributed by atoms with van der Waals surface area (Å²) in [5, 5.41) is 9.65. The summed E-state index contributed by atoms with van der Waals surface area (Å²) < 4.78 is 7.48. The van der Waals surface area contributed by atoms with E-state index < -0.39 is 0 Å². The molecule has 9 nitrogen and oxygen atoms in total. The van der Waals surface area contributed by atoms with Crippen LogP contribution in [-0.2, 0) is 11.3 Å². The third-order valence-corrected chi connectivity index (χ3v) is 6.67. The number of hydrogen-bond donors (Lipinski definition) is 1. The van der Waals surface area contributed by atoms with Crippen LogP contribution in [0.25, 0.3) is 22.1 Å². The molecule has 0 unspecified atom stereocenters. The van der Waals surface area contributed by atoms with Gasteiger partial charge in [-0.3, -0.25) is 4.79 Å². The molecule has 3 aromatic heterocycles. The lowest BCUT2D eigenvalue weighted by atomic mass is 10.3. The molecule has 5 rings (SSSR count). The number of fused-ring (bicyclic) bond motifs is 2. The molecule has 1 aromatic carbocycles. The van der Waals surface area contributed by atoms with Crippen molar-refractivity contribution in [1.82, 2.24) is 30.0 Å². The number of carbonyl (C=O) groups is 1. The standard InChI is InChI=1S/C21H23N7O2S2/c1-31-20-25-18(27-9-4-5-10-27)14-12-23-28(19(14)26-20)11-8-22-17(29)13-32-21-24-15-6-2-3-7-16(15)30-21/h2-3,6-7,12H,4-5,8-11,13H2,1H3,(H,22,29). The zero-order chi connectivity index (χ0) is 21.9. The Morgan fingerprint density at radius 3 is 2.84 bits per heavy atom. The van der Waals surface area contributed by atoms with Crippen molar-refractivity contribution >= 4 is 57.4 Å². The van der Waals surface area contributed by atoms with Gasteiger partial charge in [0.05, 0.1) is 23.9 Å². The summed E-state index contributed by atoms with van der Waals surface area (Å²) in [5.74, 6) is 1.12. The average Bonchev–Trinajstić information content (AvgIpc) is 3.56. The molecule has 1 fully saturated rings. The van der Waals surface area contributed by atoms with E-state index in [4.69, 9.17) is 9.40 Å². The predicted molar refractivity (Wildman–Crippen MR) is 126 cm³/mol.